The molecule has 3 unspecified atom stereocenters. The van der Waals surface area contributed by atoms with Gasteiger partial charge in [0.15, 0.2) is 0 Å². The minimum atomic E-state index is 0.0484. The van der Waals surface area contributed by atoms with Gasteiger partial charge in [0, 0.05) is 24.1 Å². The maximum Gasteiger partial charge on any atom is 0.115 e. The van der Waals surface area contributed by atoms with Gasteiger partial charge in [-0.05, 0) is 50.3 Å². The molecule has 1 fully saturated rings. The molecule has 112 valence electrons. The molecule has 20 heavy (non-hydrogen) atoms. The van der Waals surface area contributed by atoms with Crippen molar-refractivity contribution < 1.29 is 10.2 Å². The lowest BCUT2D eigenvalue weighted by Crippen LogP contribution is -2.45. The highest BCUT2D eigenvalue weighted by Gasteiger charge is 2.38. The van der Waals surface area contributed by atoms with E-state index in [2.05, 4.69) is 19.2 Å². The molecule has 1 aliphatic carbocycles. The number of rotatable bonds is 6. The Morgan fingerprint density at radius 1 is 1.35 bits per heavy atom. The zero-order valence-corrected chi connectivity index (χ0v) is 12.6. The number of aryl methyl sites for hydroxylation is 1. The zero-order chi connectivity index (χ0) is 14.6. The van der Waals surface area contributed by atoms with Gasteiger partial charge in [0.2, 0.25) is 0 Å². The summed E-state index contributed by atoms with van der Waals surface area (Å²) < 4.78 is 0. The summed E-state index contributed by atoms with van der Waals surface area (Å²) in [4.78, 5) is 0. The highest BCUT2D eigenvalue weighted by atomic mass is 16.3. The van der Waals surface area contributed by atoms with E-state index in [-0.39, 0.29) is 12.0 Å². The van der Waals surface area contributed by atoms with E-state index in [9.17, 15) is 10.2 Å². The molecule has 0 amide bonds. The Morgan fingerprint density at radius 2 is 2.05 bits per heavy atom. The van der Waals surface area contributed by atoms with Crippen molar-refractivity contribution in [2.24, 2.45) is 5.41 Å². The Labute approximate surface area is 122 Å². The minimum absolute atomic E-state index is 0.0484. The van der Waals surface area contributed by atoms with Gasteiger partial charge in [0.05, 0.1) is 0 Å². The van der Waals surface area contributed by atoms with Gasteiger partial charge in [-0.1, -0.05) is 25.5 Å². The van der Waals surface area contributed by atoms with Crippen LogP contribution in [0.5, 0.6) is 5.75 Å². The molecular weight excluding hydrogens is 250 g/mol. The number of nitrogens with one attached hydrogen (secondary N) is 1. The van der Waals surface area contributed by atoms with Crippen molar-refractivity contribution in [3.63, 3.8) is 0 Å². The lowest BCUT2D eigenvalue weighted by molar-refractivity contribution is 0.114. The van der Waals surface area contributed by atoms with E-state index in [4.69, 9.17) is 0 Å². The fourth-order valence-corrected chi connectivity index (χ4v) is 3.18. The first-order chi connectivity index (χ1) is 9.53. The molecule has 1 aliphatic rings. The van der Waals surface area contributed by atoms with Crippen LogP contribution < -0.4 is 5.32 Å². The Bertz CT molecular complexity index is 418. The molecule has 1 aromatic carbocycles. The molecule has 2 rings (SSSR count). The number of hydrogen-bond acceptors (Lipinski definition) is 3. The number of hydrogen-bond donors (Lipinski definition) is 3. The molecule has 1 saturated carbocycles. The van der Waals surface area contributed by atoms with Gasteiger partial charge in [-0.3, -0.25) is 0 Å². The monoisotopic (exact) mass is 277 g/mol. The fourth-order valence-electron chi connectivity index (χ4n) is 3.18. The van der Waals surface area contributed by atoms with Crippen molar-refractivity contribution in [2.75, 3.05) is 6.61 Å². The largest absolute Gasteiger partial charge is 0.508 e. The summed E-state index contributed by atoms with van der Waals surface area (Å²) in [7, 11) is 0. The topological polar surface area (TPSA) is 52.5 Å². The number of phenolic OH excluding ortho intramolecular Hbond substituents is 1. The van der Waals surface area contributed by atoms with Crippen molar-refractivity contribution >= 4 is 0 Å². The van der Waals surface area contributed by atoms with Gasteiger partial charge in [-0.2, -0.15) is 0 Å². The molecule has 1 aromatic rings. The van der Waals surface area contributed by atoms with Gasteiger partial charge in [0.25, 0.3) is 0 Å². The van der Waals surface area contributed by atoms with E-state index in [1.165, 1.54) is 18.4 Å². The smallest absolute Gasteiger partial charge is 0.115 e. The number of phenols is 1. The molecule has 0 bridgehead atoms. The second-order valence-corrected chi connectivity index (χ2v) is 6.53. The lowest BCUT2D eigenvalue weighted by Gasteiger charge is -2.32. The van der Waals surface area contributed by atoms with Crippen LogP contribution in [0, 0.1) is 5.41 Å². The molecule has 3 atom stereocenters. The van der Waals surface area contributed by atoms with Gasteiger partial charge in [-0.25, -0.2) is 0 Å². The predicted molar refractivity (Wildman–Crippen MR) is 81.9 cm³/mol. The molecule has 0 aromatic heterocycles. The molecule has 3 N–H and O–H groups in total. The van der Waals surface area contributed by atoms with Crippen molar-refractivity contribution in [3.05, 3.63) is 29.8 Å². The highest BCUT2D eigenvalue weighted by Crippen LogP contribution is 2.37. The van der Waals surface area contributed by atoms with Crippen LogP contribution in [0.2, 0.25) is 0 Å². The number of aliphatic hydroxyl groups is 1. The van der Waals surface area contributed by atoms with Crippen molar-refractivity contribution in [3.8, 4) is 5.75 Å². The third-order valence-corrected chi connectivity index (χ3v) is 4.73. The molecule has 3 heteroatoms. The zero-order valence-electron chi connectivity index (χ0n) is 12.6. The van der Waals surface area contributed by atoms with Crippen LogP contribution >= 0.6 is 0 Å². The van der Waals surface area contributed by atoms with Crippen molar-refractivity contribution in [1.29, 1.82) is 0 Å². The van der Waals surface area contributed by atoms with Crippen molar-refractivity contribution in [1.82, 2.24) is 5.32 Å². The lowest BCUT2D eigenvalue weighted by atomic mass is 9.85. The molecule has 0 spiro atoms. The number of aliphatic hydroxyl groups excluding tert-OH is 1. The van der Waals surface area contributed by atoms with E-state index >= 15 is 0 Å². The maximum atomic E-state index is 9.58. The summed E-state index contributed by atoms with van der Waals surface area (Å²) in [5.74, 6) is 0.324. The average Bonchev–Trinajstić information content (AvgIpc) is 2.80. The minimum Gasteiger partial charge on any atom is -0.508 e. The van der Waals surface area contributed by atoms with Crippen LogP contribution in [0.25, 0.3) is 0 Å². The summed E-state index contributed by atoms with van der Waals surface area (Å²) in [6.45, 7) is 4.68. The first-order valence-electron chi connectivity index (χ1n) is 7.68. The standard InChI is InChI=1S/C17H27NO2/c1-13(5-6-14-7-9-15(20)10-8-14)18-16-4-3-11-17(16,2)12-19/h7-10,13,16,18-20H,3-6,11-12H2,1-2H3. The Kier molecular flexibility index (Phi) is 5.06. The quantitative estimate of drug-likeness (QED) is 0.749. The molecule has 3 nitrogen and oxygen atoms in total. The van der Waals surface area contributed by atoms with Crippen LogP contribution in [0.4, 0.5) is 0 Å². The maximum absolute atomic E-state index is 9.58. The van der Waals surface area contributed by atoms with Crippen LogP contribution in [0.3, 0.4) is 0 Å². The SMILES string of the molecule is CC(CCc1ccc(O)cc1)NC1CCCC1(C)CO. The second-order valence-electron chi connectivity index (χ2n) is 6.53. The summed E-state index contributed by atoms with van der Waals surface area (Å²) >= 11 is 0. The van der Waals surface area contributed by atoms with Crippen LogP contribution in [0.1, 0.15) is 45.1 Å². The van der Waals surface area contributed by atoms with E-state index in [0.717, 1.165) is 19.3 Å². The molecular formula is C17H27NO2. The summed E-state index contributed by atoms with van der Waals surface area (Å²) in [6.07, 6.45) is 5.58. The Balaban J connectivity index is 1.80. The van der Waals surface area contributed by atoms with Gasteiger partial charge in [0.1, 0.15) is 5.75 Å². The summed E-state index contributed by atoms with van der Waals surface area (Å²) in [6, 6.07) is 8.32. The van der Waals surface area contributed by atoms with Crippen LogP contribution in [-0.2, 0) is 6.42 Å². The predicted octanol–water partition coefficient (Wildman–Crippen LogP) is 2.85. The molecule has 0 radical (unpaired) electrons. The first-order valence-corrected chi connectivity index (χ1v) is 7.68. The third kappa shape index (κ3) is 3.74. The average molecular weight is 277 g/mol. The van der Waals surface area contributed by atoms with Gasteiger partial charge < -0.3 is 15.5 Å². The van der Waals surface area contributed by atoms with Gasteiger partial charge in [-0.15, -0.1) is 0 Å². The highest BCUT2D eigenvalue weighted by molar-refractivity contribution is 5.25. The van der Waals surface area contributed by atoms with Crippen LogP contribution in [-0.4, -0.2) is 28.9 Å². The normalized spacial score (nSPS) is 27.6. The fraction of sp³-hybridized carbons (Fsp3) is 0.647. The molecule has 0 heterocycles. The summed E-state index contributed by atoms with van der Waals surface area (Å²) in [5.41, 5.74) is 1.31. The number of aromatic hydroxyl groups is 1. The van der Waals surface area contributed by atoms with E-state index in [1.54, 1.807) is 12.1 Å². The van der Waals surface area contributed by atoms with Crippen LogP contribution in [0.15, 0.2) is 24.3 Å². The van der Waals surface area contributed by atoms with E-state index in [0.29, 0.717) is 17.8 Å². The van der Waals surface area contributed by atoms with E-state index < -0.39 is 0 Å². The third-order valence-electron chi connectivity index (χ3n) is 4.73. The van der Waals surface area contributed by atoms with Gasteiger partial charge >= 0.3 is 0 Å². The second kappa shape index (κ2) is 6.59. The Hall–Kier alpha value is -1.06. The molecule has 0 saturated heterocycles. The number of benzene rings is 1. The Morgan fingerprint density at radius 3 is 2.70 bits per heavy atom. The summed E-state index contributed by atoms with van der Waals surface area (Å²) in [5, 5.41) is 22.5. The molecule has 0 aliphatic heterocycles. The first kappa shape index (κ1) is 15.3. The van der Waals surface area contributed by atoms with Crippen molar-refractivity contribution in [2.45, 2.75) is 58.0 Å². The van der Waals surface area contributed by atoms with E-state index in [1.807, 2.05) is 12.1 Å².